The second kappa shape index (κ2) is 4.36. The Kier molecular flexibility index (Phi) is 2.70. The van der Waals surface area contributed by atoms with Crippen molar-refractivity contribution in [2.45, 2.75) is 39.2 Å². The van der Waals surface area contributed by atoms with E-state index in [1.807, 2.05) is 19.9 Å². The molecule has 0 bridgehead atoms. The standard InChI is InChI=1S/C12H15N5O/c1-7-5-8(2)15-12(14-7)13-6-10-16-17-11(18-10)9-3-4-9/h5,9H,3-4,6H2,1-2H3,(H,13,14,15). The molecule has 3 rings (SSSR count). The van der Waals surface area contributed by atoms with Gasteiger partial charge in [0.2, 0.25) is 17.7 Å². The van der Waals surface area contributed by atoms with Crippen LogP contribution in [0.25, 0.3) is 0 Å². The van der Waals surface area contributed by atoms with Gasteiger partial charge >= 0.3 is 0 Å². The minimum atomic E-state index is 0.461. The van der Waals surface area contributed by atoms with Gasteiger partial charge < -0.3 is 9.73 Å². The fourth-order valence-corrected chi connectivity index (χ4v) is 1.79. The van der Waals surface area contributed by atoms with Crippen molar-refractivity contribution in [3.63, 3.8) is 0 Å². The Balaban J connectivity index is 1.65. The van der Waals surface area contributed by atoms with Crippen LogP contribution in [0, 0.1) is 13.8 Å². The molecule has 1 fully saturated rings. The first-order valence-electron chi connectivity index (χ1n) is 6.09. The highest BCUT2D eigenvalue weighted by molar-refractivity contribution is 5.27. The largest absolute Gasteiger partial charge is 0.423 e. The molecule has 0 aromatic carbocycles. The number of aryl methyl sites for hydroxylation is 2. The molecule has 0 atom stereocenters. The molecular formula is C12H15N5O. The average Bonchev–Trinajstić information content (AvgIpc) is 3.05. The van der Waals surface area contributed by atoms with Crippen molar-refractivity contribution in [2.75, 3.05) is 5.32 Å². The molecule has 2 aromatic heterocycles. The highest BCUT2D eigenvalue weighted by Gasteiger charge is 2.29. The lowest BCUT2D eigenvalue weighted by atomic mass is 10.4. The van der Waals surface area contributed by atoms with Crippen molar-refractivity contribution in [2.24, 2.45) is 0 Å². The molecule has 1 saturated carbocycles. The summed E-state index contributed by atoms with van der Waals surface area (Å²) in [6, 6.07) is 1.93. The molecule has 94 valence electrons. The number of nitrogens with one attached hydrogen (secondary N) is 1. The summed E-state index contributed by atoms with van der Waals surface area (Å²) in [5, 5.41) is 11.1. The maximum Gasteiger partial charge on any atom is 0.235 e. The van der Waals surface area contributed by atoms with E-state index in [2.05, 4.69) is 25.5 Å². The third-order valence-corrected chi connectivity index (χ3v) is 2.79. The van der Waals surface area contributed by atoms with Gasteiger partial charge in [0.25, 0.3) is 0 Å². The van der Waals surface area contributed by atoms with E-state index in [1.54, 1.807) is 0 Å². The summed E-state index contributed by atoms with van der Waals surface area (Å²) in [5.41, 5.74) is 1.88. The van der Waals surface area contributed by atoms with E-state index in [0.717, 1.165) is 30.1 Å². The molecule has 18 heavy (non-hydrogen) atoms. The number of hydrogen-bond acceptors (Lipinski definition) is 6. The van der Waals surface area contributed by atoms with Crippen molar-refractivity contribution >= 4 is 5.95 Å². The van der Waals surface area contributed by atoms with Crippen LogP contribution < -0.4 is 5.32 Å². The summed E-state index contributed by atoms with van der Waals surface area (Å²) >= 11 is 0. The van der Waals surface area contributed by atoms with Crippen LogP contribution in [0.5, 0.6) is 0 Å². The van der Waals surface area contributed by atoms with Crippen LogP contribution in [0.1, 0.15) is 41.9 Å². The molecule has 0 amide bonds. The van der Waals surface area contributed by atoms with E-state index in [-0.39, 0.29) is 0 Å². The lowest BCUT2D eigenvalue weighted by Gasteiger charge is -2.03. The van der Waals surface area contributed by atoms with Crippen LogP contribution in [-0.4, -0.2) is 20.2 Å². The zero-order valence-electron chi connectivity index (χ0n) is 10.5. The van der Waals surface area contributed by atoms with E-state index in [4.69, 9.17) is 4.42 Å². The maximum absolute atomic E-state index is 5.55. The average molecular weight is 245 g/mol. The third kappa shape index (κ3) is 2.47. The highest BCUT2D eigenvalue weighted by Crippen LogP contribution is 2.38. The Morgan fingerprint density at radius 3 is 2.61 bits per heavy atom. The predicted molar refractivity (Wildman–Crippen MR) is 65.1 cm³/mol. The summed E-state index contributed by atoms with van der Waals surface area (Å²) in [6.07, 6.45) is 2.32. The quantitative estimate of drug-likeness (QED) is 0.887. The molecule has 1 N–H and O–H groups in total. The van der Waals surface area contributed by atoms with Crippen LogP contribution in [-0.2, 0) is 6.54 Å². The van der Waals surface area contributed by atoms with Gasteiger partial charge in [0.1, 0.15) is 0 Å². The van der Waals surface area contributed by atoms with Gasteiger partial charge in [0.15, 0.2) is 0 Å². The maximum atomic E-state index is 5.55. The van der Waals surface area contributed by atoms with E-state index in [0.29, 0.717) is 24.3 Å². The monoisotopic (exact) mass is 245 g/mol. The van der Waals surface area contributed by atoms with Crippen LogP contribution in [0.2, 0.25) is 0 Å². The van der Waals surface area contributed by atoms with Gasteiger partial charge in [-0.2, -0.15) is 0 Å². The van der Waals surface area contributed by atoms with Crippen molar-refractivity contribution < 1.29 is 4.42 Å². The minimum absolute atomic E-state index is 0.461. The van der Waals surface area contributed by atoms with Gasteiger partial charge in [-0.15, -0.1) is 10.2 Å². The minimum Gasteiger partial charge on any atom is -0.423 e. The van der Waals surface area contributed by atoms with Crippen molar-refractivity contribution in [3.05, 3.63) is 29.2 Å². The second-order valence-corrected chi connectivity index (χ2v) is 4.64. The van der Waals surface area contributed by atoms with Gasteiger partial charge in [0, 0.05) is 17.3 Å². The molecule has 1 aliphatic rings. The predicted octanol–water partition coefficient (Wildman–Crippen LogP) is 1.97. The van der Waals surface area contributed by atoms with Gasteiger partial charge in [-0.3, -0.25) is 0 Å². The first-order chi connectivity index (χ1) is 8.70. The number of aromatic nitrogens is 4. The van der Waals surface area contributed by atoms with E-state index >= 15 is 0 Å². The van der Waals surface area contributed by atoms with E-state index in [1.165, 1.54) is 0 Å². The summed E-state index contributed by atoms with van der Waals surface area (Å²) in [7, 11) is 0. The SMILES string of the molecule is Cc1cc(C)nc(NCc2nnc(C3CC3)o2)n1. The van der Waals surface area contributed by atoms with Crippen LogP contribution in [0.4, 0.5) is 5.95 Å². The molecule has 6 heteroatoms. The molecule has 0 aliphatic heterocycles. The van der Waals surface area contributed by atoms with Gasteiger partial charge in [-0.05, 0) is 32.8 Å². The number of hydrogen-bond donors (Lipinski definition) is 1. The number of rotatable bonds is 4. The number of anilines is 1. The molecule has 2 heterocycles. The Labute approximate surface area is 105 Å². The molecule has 6 nitrogen and oxygen atoms in total. The Hall–Kier alpha value is -1.98. The van der Waals surface area contributed by atoms with Crippen LogP contribution in [0.15, 0.2) is 10.5 Å². The number of nitrogens with zero attached hydrogens (tertiary/aromatic N) is 4. The smallest absolute Gasteiger partial charge is 0.235 e. The summed E-state index contributed by atoms with van der Waals surface area (Å²) in [6.45, 7) is 4.35. The van der Waals surface area contributed by atoms with Crippen LogP contribution in [0.3, 0.4) is 0 Å². The zero-order valence-corrected chi connectivity index (χ0v) is 10.5. The first-order valence-corrected chi connectivity index (χ1v) is 6.09. The lowest BCUT2D eigenvalue weighted by Crippen LogP contribution is -2.05. The van der Waals surface area contributed by atoms with Crippen LogP contribution >= 0.6 is 0 Å². The molecule has 0 spiro atoms. The van der Waals surface area contributed by atoms with E-state index < -0.39 is 0 Å². The summed E-state index contributed by atoms with van der Waals surface area (Å²) < 4.78 is 5.55. The molecule has 0 radical (unpaired) electrons. The Morgan fingerprint density at radius 1 is 1.22 bits per heavy atom. The fraction of sp³-hybridized carbons (Fsp3) is 0.500. The molecule has 0 unspecified atom stereocenters. The summed E-state index contributed by atoms with van der Waals surface area (Å²) in [5.74, 6) is 2.43. The second-order valence-electron chi connectivity index (χ2n) is 4.64. The molecule has 1 aliphatic carbocycles. The molecular weight excluding hydrogens is 230 g/mol. The normalized spacial score (nSPS) is 14.8. The zero-order chi connectivity index (χ0) is 12.5. The Morgan fingerprint density at radius 2 is 1.94 bits per heavy atom. The Bertz CT molecular complexity index is 541. The van der Waals surface area contributed by atoms with Gasteiger partial charge in [0.05, 0.1) is 6.54 Å². The summed E-state index contributed by atoms with van der Waals surface area (Å²) in [4.78, 5) is 8.58. The van der Waals surface area contributed by atoms with E-state index in [9.17, 15) is 0 Å². The lowest BCUT2D eigenvalue weighted by molar-refractivity contribution is 0.456. The van der Waals surface area contributed by atoms with Crippen molar-refractivity contribution in [1.82, 2.24) is 20.2 Å². The third-order valence-electron chi connectivity index (χ3n) is 2.79. The van der Waals surface area contributed by atoms with Crippen molar-refractivity contribution in [3.8, 4) is 0 Å². The topological polar surface area (TPSA) is 76.7 Å². The van der Waals surface area contributed by atoms with Gasteiger partial charge in [-0.1, -0.05) is 0 Å². The fourth-order valence-electron chi connectivity index (χ4n) is 1.79. The molecule has 0 saturated heterocycles. The van der Waals surface area contributed by atoms with Gasteiger partial charge in [-0.25, -0.2) is 9.97 Å². The first kappa shape index (κ1) is 11.1. The highest BCUT2D eigenvalue weighted by atomic mass is 16.4. The van der Waals surface area contributed by atoms with Crippen molar-refractivity contribution in [1.29, 1.82) is 0 Å². The molecule has 2 aromatic rings.